The molecule has 2 N–H and O–H groups in total. The Balaban J connectivity index is 0.000000288. The second kappa shape index (κ2) is 7.47. The first-order chi connectivity index (χ1) is 6.97. The molecule has 1 rings (SSSR count). The zero-order chi connectivity index (χ0) is 11.8. The van der Waals surface area contributed by atoms with Gasteiger partial charge in [-0.05, 0) is 50.8 Å². The van der Waals surface area contributed by atoms with E-state index < -0.39 is 0 Å². The highest BCUT2D eigenvalue weighted by atomic mass is 14.5. The molecule has 0 radical (unpaired) electrons. The predicted molar refractivity (Wildman–Crippen MR) is 69.2 cm³/mol. The molecule has 86 valence electrons. The second-order valence-corrected chi connectivity index (χ2v) is 4.56. The van der Waals surface area contributed by atoms with E-state index >= 15 is 0 Å². The van der Waals surface area contributed by atoms with Crippen molar-refractivity contribution in [1.29, 1.82) is 0 Å². The Morgan fingerprint density at radius 1 is 1.07 bits per heavy atom. The first-order valence-electron chi connectivity index (χ1n) is 5.71. The van der Waals surface area contributed by atoms with Crippen molar-refractivity contribution in [2.75, 3.05) is 6.54 Å². The second-order valence-electron chi connectivity index (χ2n) is 4.56. The minimum absolute atomic E-state index is 0.773. The van der Waals surface area contributed by atoms with Crippen LogP contribution in [-0.2, 0) is 0 Å². The number of benzene rings is 1. The fourth-order valence-electron chi connectivity index (χ4n) is 1.22. The van der Waals surface area contributed by atoms with Crippen LogP contribution in [0, 0.1) is 26.7 Å². The average molecular weight is 207 g/mol. The molecule has 0 aliphatic rings. The SMILES string of the molecule is CC(C)CCN.Cc1ccc(C)c(C)c1. The fourth-order valence-corrected chi connectivity index (χ4v) is 1.22. The molecule has 0 fully saturated rings. The average Bonchev–Trinajstić information content (AvgIpc) is 2.13. The van der Waals surface area contributed by atoms with Crippen LogP contribution >= 0.6 is 0 Å². The van der Waals surface area contributed by atoms with Gasteiger partial charge in [0.05, 0.1) is 0 Å². The van der Waals surface area contributed by atoms with E-state index in [0.717, 1.165) is 18.9 Å². The summed E-state index contributed by atoms with van der Waals surface area (Å²) in [5.74, 6) is 0.773. The van der Waals surface area contributed by atoms with Crippen LogP contribution in [0.15, 0.2) is 18.2 Å². The summed E-state index contributed by atoms with van der Waals surface area (Å²) in [5.41, 5.74) is 9.33. The van der Waals surface area contributed by atoms with E-state index in [4.69, 9.17) is 5.73 Å². The number of hydrogen-bond donors (Lipinski definition) is 1. The van der Waals surface area contributed by atoms with Crippen LogP contribution in [0.4, 0.5) is 0 Å². The Labute approximate surface area is 94.7 Å². The maximum Gasteiger partial charge on any atom is -0.00748 e. The lowest BCUT2D eigenvalue weighted by Gasteiger charge is -1.98. The Hall–Kier alpha value is -0.820. The first kappa shape index (κ1) is 14.2. The third kappa shape index (κ3) is 7.15. The van der Waals surface area contributed by atoms with Crippen molar-refractivity contribution >= 4 is 0 Å². The van der Waals surface area contributed by atoms with Gasteiger partial charge < -0.3 is 5.73 Å². The molecule has 1 aromatic rings. The maximum atomic E-state index is 5.23. The molecule has 0 heterocycles. The Morgan fingerprint density at radius 2 is 1.67 bits per heavy atom. The van der Waals surface area contributed by atoms with Crippen molar-refractivity contribution in [2.45, 2.75) is 41.0 Å². The van der Waals surface area contributed by atoms with Crippen LogP contribution in [0.2, 0.25) is 0 Å². The smallest absolute Gasteiger partial charge is 0.00748 e. The van der Waals surface area contributed by atoms with Gasteiger partial charge in [-0.2, -0.15) is 0 Å². The predicted octanol–water partition coefficient (Wildman–Crippen LogP) is 3.60. The van der Waals surface area contributed by atoms with Crippen molar-refractivity contribution in [3.8, 4) is 0 Å². The summed E-state index contributed by atoms with van der Waals surface area (Å²) in [6.07, 6.45) is 1.15. The maximum absolute atomic E-state index is 5.23. The summed E-state index contributed by atoms with van der Waals surface area (Å²) >= 11 is 0. The molecule has 0 aliphatic carbocycles. The highest BCUT2D eigenvalue weighted by Crippen LogP contribution is 2.07. The van der Waals surface area contributed by atoms with Crippen LogP contribution in [-0.4, -0.2) is 6.54 Å². The lowest BCUT2D eigenvalue weighted by Crippen LogP contribution is -2.01. The summed E-state index contributed by atoms with van der Waals surface area (Å²) in [4.78, 5) is 0. The Morgan fingerprint density at radius 3 is 1.93 bits per heavy atom. The molecule has 1 heteroatoms. The Bertz CT molecular complexity index is 277. The molecule has 0 amide bonds. The topological polar surface area (TPSA) is 26.0 Å². The molecule has 0 unspecified atom stereocenters. The van der Waals surface area contributed by atoms with Crippen molar-refractivity contribution in [2.24, 2.45) is 11.7 Å². The van der Waals surface area contributed by atoms with Crippen LogP contribution in [0.1, 0.15) is 37.0 Å². The molecule has 0 saturated carbocycles. The van der Waals surface area contributed by atoms with Gasteiger partial charge in [0.15, 0.2) is 0 Å². The van der Waals surface area contributed by atoms with Gasteiger partial charge in [-0.1, -0.05) is 37.6 Å². The third-order valence-electron chi connectivity index (χ3n) is 2.41. The molecule has 1 nitrogen and oxygen atoms in total. The summed E-state index contributed by atoms with van der Waals surface area (Å²) in [7, 11) is 0. The standard InChI is InChI=1S/C9H12.C5H13N/c1-7-4-5-8(2)9(3)6-7;1-5(2)3-4-6/h4-6H,1-3H3;5H,3-4,6H2,1-2H3. The minimum atomic E-state index is 0.773. The van der Waals surface area contributed by atoms with Gasteiger partial charge in [0.2, 0.25) is 0 Å². The lowest BCUT2D eigenvalue weighted by atomic mass is 10.1. The van der Waals surface area contributed by atoms with E-state index in [0.29, 0.717) is 0 Å². The van der Waals surface area contributed by atoms with E-state index in [1.807, 2.05) is 0 Å². The van der Waals surface area contributed by atoms with E-state index in [9.17, 15) is 0 Å². The zero-order valence-corrected chi connectivity index (χ0v) is 10.8. The van der Waals surface area contributed by atoms with Gasteiger partial charge in [-0.25, -0.2) is 0 Å². The van der Waals surface area contributed by atoms with E-state index in [1.54, 1.807) is 0 Å². The van der Waals surface area contributed by atoms with Gasteiger partial charge in [-0.15, -0.1) is 0 Å². The van der Waals surface area contributed by atoms with Crippen LogP contribution in [0.3, 0.4) is 0 Å². The number of aryl methyl sites for hydroxylation is 3. The molecule has 0 aliphatic heterocycles. The third-order valence-corrected chi connectivity index (χ3v) is 2.41. The van der Waals surface area contributed by atoms with Crippen molar-refractivity contribution < 1.29 is 0 Å². The highest BCUT2D eigenvalue weighted by molar-refractivity contribution is 5.28. The van der Waals surface area contributed by atoms with E-state index in [2.05, 4.69) is 52.8 Å². The minimum Gasteiger partial charge on any atom is -0.330 e. The molecular weight excluding hydrogens is 182 g/mol. The molecular formula is C14H25N. The summed E-state index contributed by atoms with van der Waals surface area (Å²) in [6.45, 7) is 11.6. The van der Waals surface area contributed by atoms with E-state index in [-0.39, 0.29) is 0 Å². The molecule has 0 bridgehead atoms. The number of hydrogen-bond acceptors (Lipinski definition) is 1. The fraction of sp³-hybridized carbons (Fsp3) is 0.571. The van der Waals surface area contributed by atoms with Gasteiger partial charge in [0.1, 0.15) is 0 Å². The van der Waals surface area contributed by atoms with E-state index in [1.165, 1.54) is 16.7 Å². The Kier molecular flexibility index (Phi) is 7.06. The molecule has 0 atom stereocenters. The van der Waals surface area contributed by atoms with Crippen LogP contribution < -0.4 is 5.73 Å². The van der Waals surface area contributed by atoms with Crippen LogP contribution in [0.25, 0.3) is 0 Å². The largest absolute Gasteiger partial charge is 0.330 e. The monoisotopic (exact) mass is 207 g/mol. The van der Waals surface area contributed by atoms with Gasteiger partial charge in [-0.3, -0.25) is 0 Å². The van der Waals surface area contributed by atoms with Crippen molar-refractivity contribution in [1.82, 2.24) is 0 Å². The molecule has 15 heavy (non-hydrogen) atoms. The molecule has 0 aromatic heterocycles. The quantitative estimate of drug-likeness (QED) is 0.788. The zero-order valence-electron chi connectivity index (χ0n) is 10.8. The molecule has 0 saturated heterocycles. The number of rotatable bonds is 2. The first-order valence-corrected chi connectivity index (χ1v) is 5.71. The van der Waals surface area contributed by atoms with Gasteiger partial charge >= 0.3 is 0 Å². The van der Waals surface area contributed by atoms with Crippen molar-refractivity contribution in [3.05, 3.63) is 34.9 Å². The van der Waals surface area contributed by atoms with Gasteiger partial charge in [0, 0.05) is 0 Å². The summed E-state index contributed by atoms with van der Waals surface area (Å²) in [6, 6.07) is 6.50. The lowest BCUT2D eigenvalue weighted by molar-refractivity contribution is 0.596. The molecule has 1 aromatic carbocycles. The van der Waals surface area contributed by atoms with Gasteiger partial charge in [0.25, 0.3) is 0 Å². The van der Waals surface area contributed by atoms with Crippen LogP contribution in [0.5, 0.6) is 0 Å². The molecule has 0 spiro atoms. The normalized spacial score (nSPS) is 9.80. The number of nitrogens with two attached hydrogens (primary N) is 1. The highest BCUT2D eigenvalue weighted by Gasteiger charge is 1.89. The summed E-state index contributed by atoms with van der Waals surface area (Å²) in [5, 5.41) is 0. The van der Waals surface area contributed by atoms with Crippen molar-refractivity contribution in [3.63, 3.8) is 0 Å². The summed E-state index contributed by atoms with van der Waals surface area (Å²) < 4.78 is 0.